The third-order valence-corrected chi connectivity index (χ3v) is 10.6. The van der Waals surface area contributed by atoms with E-state index in [4.69, 9.17) is 11.6 Å². The lowest BCUT2D eigenvalue weighted by Crippen LogP contribution is -2.40. The molecule has 6 aromatic rings. The molecule has 0 unspecified atom stereocenters. The van der Waals surface area contributed by atoms with Crippen LogP contribution in [0, 0.1) is 15.9 Å². The zero-order chi connectivity index (χ0) is 36.5. The number of amides is 1. The largest absolute Gasteiger partial charge is 0.322 e. The number of carbonyl (C=O) groups excluding carboxylic acids is 1. The topological polar surface area (TPSA) is 137 Å². The number of thiazole rings is 1. The minimum atomic E-state index is -0.935. The Hall–Kier alpha value is -5.70. The van der Waals surface area contributed by atoms with Crippen LogP contribution in [0.25, 0.3) is 17.5 Å². The monoisotopic (exact) mass is 751 g/mol. The second kappa shape index (κ2) is 14.5. The predicted octanol–water partition coefficient (Wildman–Crippen LogP) is 7.00. The highest BCUT2D eigenvalue weighted by Crippen LogP contribution is 2.35. The van der Waals surface area contributed by atoms with E-state index in [1.807, 2.05) is 29.7 Å². The summed E-state index contributed by atoms with van der Waals surface area (Å²) in [7, 11) is 0. The van der Waals surface area contributed by atoms with E-state index in [2.05, 4.69) is 20.5 Å². The SMILES string of the molecule is CCn1c(Sc2ccc([N+](=O)[O-])cc2/C=c2/sc3n(c2=O)[C@H](c2ccc(F)cc2)C(C(=O)Nc2ccccc2)=C(C)N=3)nnc1-c1cccc(Cl)c1. The van der Waals surface area contributed by atoms with E-state index in [9.17, 15) is 24.1 Å². The fourth-order valence-corrected chi connectivity index (χ4v) is 8.08. The van der Waals surface area contributed by atoms with Gasteiger partial charge in [-0.3, -0.25) is 24.3 Å². The lowest BCUT2D eigenvalue weighted by atomic mass is 9.95. The van der Waals surface area contributed by atoms with Gasteiger partial charge in [-0.2, -0.15) is 0 Å². The summed E-state index contributed by atoms with van der Waals surface area (Å²) >= 11 is 8.57. The average Bonchev–Trinajstić information content (AvgIpc) is 3.68. The van der Waals surface area contributed by atoms with Gasteiger partial charge >= 0.3 is 0 Å². The number of carbonyl (C=O) groups is 1. The number of para-hydroxylation sites is 1. The van der Waals surface area contributed by atoms with Gasteiger partial charge in [-0.05, 0) is 85.3 Å². The summed E-state index contributed by atoms with van der Waals surface area (Å²) in [4.78, 5) is 45.1. The molecule has 1 aliphatic rings. The van der Waals surface area contributed by atoms with Crippen LogP contribution >= 0.6 is 34.7 Å². The highest BCUT2D eigenvalue weighted by molar-refractivity contribution is 7.99. The van der Waals surface area contributed by atoms with Crippen LogP contribution in [0.1, 0.15) is 31.0 Å². The lowest BCUT2D eigenvalue weighted by molar-refractivity contribution is -0.384. The predicted molar refractivity (Wildman–Crippen MR) is 199 cm³/mol. The number of nitro groups is 1. The van der Waals surface area contributed by atoms with Gasteiger partial charge in [0.1, 0.15) is 5.82 Å². The summed E-state index contributed by atoms with van der Waals surface area (Å²) in [6.45, 7) is 4.16. The molecule has 2 aromatic heterocycles. The van der Waals surface area contributed by atoms with Crippen molar-refractivity contribution in [1.29, 1.82) is 0 Å². The van der Waals surface area contributed by atoms with Gasteiger partial charge in [-0.1, -0.05) is 65.4 Å². The molecule has 1 amide bonds. The molecule has 15 heteroatoms. The van der Waals surface area contributed by atoms with Gasteiger partial charge in [-0.15, -0.1) is 10.2 Å². The number of halogens is 2. The summed E-state index contributed by atoms with van der Waals surface area (Å²) in [6.07, 6.45) is 1.58. The number of hydrogen-bond acceptors (Lipinski definition) is 9. The zero-order valence-electron chi connectivity index (χ0n) is 27.5. The summed E-state index contributed by atoms with van der Waals surface area (Å²) < 4.78 is 17.6. The number of anilines is 1. The van der Waals surface area contributed by atoms with Gasteiger partial charge in [0.15, 0.2) is 15.8 Å². The second-order valence-corrected chi connectivity index (χ2v) is 14.1. The Kier molecular flexibility index (Phi) is 9.69. The van der Waals surface area contributed by atoms with Crippen LogP contribution in [-0.4, -0.2) is 30.2 Å². The number of hydrogen-bond donors (Lipinski definition) is 1. The number of fused-ring (bicyclic) bond motifs is 1. The van der Waals surface area contributed by atoms with Crippen molar-refractivity contribution in [2.45, 2.75) is 36.5 Å². The highest BCUT2D eigenvalue weighted by atomic mass is 35.5. The first-order valence-corrected chi connectivity index (χ1v) is 17.9. The van der Waals surface area contributed by atoms with Crippen molar-refractivity contribution >= 4 is 58.1 Å². The van der Waals surface area contributed by atoms with Gasteiger partial charge in [-0.25, -0.2) is 9.38 Å². The maximum Gasteiger partial charge on any atom is 0.271 e. The molecule has 3 heterocycles. The molecule has 1 N–H and O–H groups in total. The minimum Gasteiger partial charge on any atom is -0.322 e. The fourth-order valence-electron chi connectivity index (χ4n) is 5.88. The molecule has 0 saturated carbocycles. The van der Waals surface area contributed by atoms with E-state index in [1.54, 1.807) is 55.5 Å². The van der Waals surface area contributed by atoms with Crippen LogP contribution in [0.2, 0.25) is 5.02 Å². The normalized spacial score (nSPS) is 14.2. The summed E-state index contributed by atoms with van der Waals surface area (Å²) in [5.41, 5.74) is 2.20. The maximum absolute atomic E-state index is 14.4. The van der Waals surface area contributed by atoms with Gasteiger partial charge in [0.2, 0.25) is 0 Å². The molecule has 1 atom stereocenters. The van der Waals surface area contributed by atoms with Crippen molar-refractivity contribution in [2.75, 3.05) is 5.32 Å². The van der Waals surface area contributed by atoms with Crippen molar-refractivity contribution in [3.05, 3.63) is 160 Å². The molecule has 7 rings (SSSR count). The van der Waals surface area contributed by atoms with Crippen molar-refractivity contribution in [2.24, 2.45) is 4.99 Å². The molecular weight excluding hydrogens is 725 g/mol. The van der Waals surface area contributed by atoms with Crippen LogP contribution in [-0.2, 0) is 11.3 Å². The molecule has 260 valence electrons. The Morgan fingerprint density at radius 2 is 1.83 bits per heavy atom. The average molecular weight is 752 g/mol. The van der Waals surface area contributed by atoms with Gasteiger partial charge in [0.25, 0.3) is 17.2 Å². The molecule has 0 radical (unpaired) electrons. The van der Waals surface area contributed by atoms with E-state index in [1.165, 1.54) is 52.7 Å². The van der Waals surface area contributed by atoms with E-state index in [0.29, 0.717) is 54.8 Å². The first-order chi connectivity index (χ1) is 25.1. The van der Waals surface area contributed by atoms with Gasteiger partial charge in [0, 0.05) is 39.8 Å². The second-order valence-electron chi connectivity index (χ2n) is 11.6. The molecule has 0 spiro atoms. The van der Waals surface area contributed by atoms with E-state index < -0.39 is 28.2 Å². The van der Waals surface area contributed by atoms with Gasteiger partial charge in [0.05, 0.1) is 26.8 Å². The number of nitrogens with one attached hydrogen (secondary N) is 1. The highest BCUT2D eigenvalue weighted by Gasteiger charge is 2.32. The Balaban J connectivity index is 1.34. The van der Waals surface area contributed by atoms with E-state index in [0.717, 1.165) is 16.9 Å². The van der Waals surface area contributed by atoms with Crippen molar-refractivity contribution in [1.82, 2.24) is 19.3 Å². The fraction of sp³-hybridized carbons (Fsp3) is 0.108. The number of non-ortho nitro benzene ring substituents is 1. The molecule has 0 saturated heterocycles. The Bertz CT molecular complexity index is 2590. The first-order valence-electron chi connectivity index (χ1n) is 15.9. The quantitative estimate of drug-likeness (QED) is 0.124. The summed E-state index contributed by atoms with van der Waals surface area (Å²) in [5.74, 6) is -0.334. The van der Waals surface area contributed by atoms with Crippen LogP contribution in [0.5, 0.6) is 0 Å². The zero-order valence-corrected chi connectivity index (χ0v) is 29.9. The van der Waals surface area contributed by atoms with Gasteiger partial charge < -0.3 is 9.88 Å². The molecule has 11 nitrogen and oxygen atoms in total. The molecule has 4 aromatic carbocycles. The van der Waals surface area contributed by atoms with Crippen LogP contribution < -0.4 is 20.2 Å². The third kappa shape index (κ3) is 6.83. The smallest absolute Gasteiger partial charge is 0.271 e. The maximum atomic E-state index is 14.4. The Labute approximate surface area is 308 Å². The van der Waals surface area contributed by atoms with Crippen molar-refractivity contribution in [3.8, 4) is 11.4 Å². The van der Waals surface area contributed by atoms with Crippen LogP contribution in [0.4, 0.5) is 15.8 Å². The Morgan fingerprint density at radius 3 is 2.54 bits per heavy atom. The number of rotatable bonds is 9. The number of nitro benzene ring substituents is 1. The molecule has 1 aliphatic heterocycles. The van der Waals surface area contributed by atoms with Crippen molar-refractivity contribution in [3.63, 3.8) is 0 Å². The van der Waals surface area contributed by atoms with Crippen LogP contribution in [0.3, 0.4) is 0 Å². The number of nitrogens with zero attached hydrogens (tertiary/aromatic N) is 6. The van der Waals surface area contributed by atoms with Crippen LogP contribution in [0.15, 0.2) is 128 Å². The minimum absolute atomic E-state index is 0.167. The summed E-state index contributed by atoms with van der Waals surface area (Å²) in [5, 5.41) is 24.7. The molecule has 0 aliphatic carbocycles. The number of benzene rings is 4. The molecule has 0 fully saturated rings. The first kappa shape index (κ1) is 34.7. The lowest BCUT2D eigenvalue weighted by Gasteiger charge is -2.25. The molecule has 52 heavy (non-hydrogen) atoms. The number of allylic oxidation sites excluding steroid dienone is 1. The third-order valence-electron chi connectivity index (χ3n) is 8.29. The Morgan fingerprint density at radius 1 is 1.06 bits per heavy atom. The molecular formula is C37H27ClFN7O4S2. The number of aromatic nitrogens is 4. The van der Waals surface area contributed by atoms with E-state index in [-0.39, 0.29) is 15.8 Å². The standard InChI is InChI=1S/C37H27ClFN7O4S2/c1-3-44-33(23-8-7-9-25(38)18-23)42-43-37(44)51-29-17-16-28(46(49)50)19-24(29)20-30-35(48)45-32(22-12-14-26(39)15-13-22)31(21(2)40-36(45)52-30)34(47)41-27-10-5-4-6-11-27/h4-20,32H,3H2,1-2H3,(H,41,47)/b30-20+/t32-/m1/s1. The van der Waals surface area contributed by atoms with Crippen molar-refractivity contribution < 1.29 is 14.1 Å². The summed E-state index contributed by atoms with van der Waals surface area (Å²) in [6, 6.07) is 25.2. The van der Waals surface area contributed by atoms with E-state index >= 15 is 0 Å². The molecule has 0 bridgehead atoms.